The van der Waals surface area contributed by atoms with Gasteiger partial charge in [-0.3, -0.25) is 4.79 Å². The Morgan fingerprint density at radius 1 is 1.20 bits per heavy atom. The molecule has 180 valence electrons. The highest BCUT2D eigenvalue weighted by Crippen LogP contribution is 2.31. The Labute approximate surface area is 210 Å². The molecule has 1 fully saturated rings. The Morgan fingerprint density at radius 3 is 2.83 bits per heavy atom. The molecule has 11 heteroatoms. The summed E-state index contributed by atoms with van der Waals surface area (Å²) in [7, 11) is 1.32. The van der Waals surface area contributed by atoms with Gasteiger partial charge in [0, 0.05) is 17.0 Å². The van der Waals surface area contributed by atoms with Gasteiger partial charge < -0.3 is 19.9 Å². The lowest BCUT2D eigenvalue weighted by Gasteiger charge is -2.23. The molecule has 5 rings (SSSR count). The number of anilines is 1. The number of methoxy groups -OCH3 is 1. The molecular formula is C24H22Cl2N6O3. The van der Waals surface area contributed by atoms with Crippen LogP contribution in [0.1, 0.15) is 42.0 Å². The summed E-state index contributed by atoms with van der Waals surface area (Å²) in [5.41, 5.74) is 2.48. The van der Waals surface area contributed by atoms with E-state index in [0.29, 0.717) is 34.7 Å². The fourth-order valence-corrected chi connectivity index (χ4v) is 4.79. The predicted molar refractivity (Wildman–Crippen MR) is 134 cm³/mol. The van der Waals surface area contributed by atoms with Crippen LogP contribution in [0.15, 0.2) is 36.7 Å². The number of esters is 1. The van der Waals surface area contributed by atoms with Gasteiger partial charge in [0.25, 0.3) is 5.91 Å². The van der Waals surface area contributed by atoms with Crippen molar-refractivity contribution in [2.45, 2.75) is 31.8 Å². The number of amides is 1. The summed E-state index contributed by atoms with van der Waals surface area (Å²) in [6.45, 7) is 2.41. The molecule has 1 aliphatic rings. The maximum Gasteiger partial charge on any atom is 0.328 e. The number of carbonyl (C=O) groups is 2. The van der Waals surface area contributed by atoms with Crippen LogP contribution in [0.2, 0.25) is 10.0 Å². The van der Waals surface area contributed by atoms with E-state index in [1.54, 1.807) is 24.3 Å². The SMILES string of the molecule is COC(=O)[C@H]1CCCN1C(=O)c1cc2ncnc(N[C@H](C)c3nc4cc(Cl)ccc4[nH]3)c2cc1Cl. The van der Waals surface area contributed by atoms with E-state index >= 15 is 0 Å². The molecule has 0 bridgehead atoms. The first-order valence-electron chi connectivity index (χ1n) is 11.1. The average Bonchev–Trinajstić information content (AvgIpc) is 3.50. The third-order valence-electron chi connectivity index (χ3n) is 6.17. The minimum Gasteiger partial charge on any atom is -0.467 e. The highest BCUT2D eigenvalue weighted by Gasteiger charge is 2.36. The third kappa shape index (κ3) is 4.37. The number of nitrogens with one attached hydrogen (secondary N) is 2. The molecule has 1 amide bonds. The van der Waals surface area contributed by atoms with Crippen molar-refractivity contribution >= 4 is 62.8 Å². The summed E-state index contributed by atoms with van der Waals surface area (Å²) in [6, 6.07) is 7.95. The van der Waals surface area contributed by atoms with Crippen molar-refractivity contribution < 1.29 is 14.3 Å². The zero-order valence-corrected chi connectivity index (χ0v) is 20.5. The fourth-order valence-electron chi connectivity index (χ4n) is 4.38. The number of hydrogen-bond acceptors (Lipinski definition) is 7. The summed E-state index contributed by atoms with van der Waals surface area (Å²) in [6.07, 6.45) is 2.70. The molecule has 2 N–H and O–H groups in total. The van der Waals surface area contributed by atoms with Crippen molar-refractivity contribution in [2.24, 2.45) is 0 Å². The number of aromatic nitrogens is 4. The van der Waals surface area contributed by atoms with Crippen molar-refractivity contribution in [3.05, 3.63) is 58.1 Å². The molecule has 0 saturated carbocycles. The van der Waals surface area contributed by atoms with Gasteiger partial charge in [0.1, 0.15) is 24.0 Å². The molecule has 2 aromatic heterocycles. The number of H-pyrrole nitrogens is 1. The first kappa shape index (κ1) is 23.3. The van der Waals surface area contributed by atoms with E-state index in [9.17, 15) is 9.59 Å². The Kier molecular flexibility index (Phi) is 6.21. The molecule has 0 spiro atoms. The van der Waals surface area contributed by atoms with Gasteiger partial charge in [0.2, 0.25) is 0 Å². The number of likely N-dealkylation sites (tertiary alicyclic amines) is 1. The van der Waals surface area contributed by atoms with Crippen molar-refractivity contribution in [1.29, 1.82) is 0 Å². The zero-order chi connectivity index (χ0) is 24.7. The first-order valence-corrected chi connectivity index (χ1v) is 11.9. The van der Waals surface area contributed by atoms with Gasteiger partial charge in [-0.15, -0.1) is 0 Å². The maximum absolute atomic E-state index is 13.3. The second-order valence-electron chi connectivity index (χ2n) is 8.40. The van der Waals surface area contributed by atoms with Gasteiger partial charge in [0.15, 0.2) is 0 Å². The molecule has 35 heavy (non-hydrogen) atoms. The van der Waals surface area contributed by atoms with Gasteiger partial charge in [-0.25, -0.2) is 19.7 Å². The topological polar surface area (TPSA) is 113 Å². The van der Waals surface area contributed by atoms with Gasteiger partial charge in [-0.2, -0.15) is 0 Å². The summed E-state index contributed by atoms with van der Waals surface area (Å²) in [5, 5.41) is 4.87. The number of fused-ring (bicyclic) bond motifs is 2. The number of carbonyl (C=O) groups excluding carboxylic acids is 2. The molecule has 1 aliphatic heterocycles. The van der Waals surface area contributed by atoms with Crippen molar-refractivity contribution in [3.63, 3.8) is 0 Å². The second-order valence-corrected chi connectivity index (χ2v) is 9.24. The lowest BCUT2D eigenvalue weighted by atomic mass is 10.1. The minimum atomic E-state index is -0.610. The number of rotatable bonds is 5. The van der Waals surface area contributed by atoms with E-state index < -0.39 is 12.0 Å². The summed E-state index contributed by atoms with van der Waals surface area (Å²) >= 11 is 12.6. The number of halogens is 2. The minimum absolute atomic E-state index is 0.218. The molecule has 1 saturated heterocycles. The molecular weight excluding hydrogens is 491 g/mol. The number of ether oxygens (including phenoxy) is 1. The summed E-state index contributed by atoms with van der Waals surface area (Å²) in [5.74, 6) is 0.515. The Balaban J connectivity index is 1.44. The molecule has 0 radical (unpaired) electrons. The van der Waals surface area contributed by atoms with Gasteiger partial charge in [0.05, 0.1) is 40.3 Å². The smallest absolute Gasteiger partial charge is 0.328 e. The van der Waals surface area contributed by atoms with Crippen LogP contribution in [0.25, 0.3) is 21.9 Å². The molecule has 9 nitrogen and oxygen atoms in total. The lowest BCUT2D eigenvalue weighted by Crippen LogP contribution is -2.41. The van der Waals surface area contributed by atoms with E-state index in [-0.39, 0.29) is 22.5 Å². The standard InChI is InChI=1S/C24H22Cl2N6O3/c1-12(21-30-17-6-5-13(25)8-19(17)31-21)29-22-15-9-16(26)14(10-18(15)27-11-28-22)23(33)32-7-3-4-20(32)24(34)35-2/h5-6,8-12,20H,3-4,7H2,1-2H3,(H,30,31)(H,27,28,29)/t12-,20-/m1/s1. The van der Waals surface area contributed by atoms with Crippen LogP contribution in [-0.4, -0.2) is 56.4 Å². The zero-order valence-electron chi connectivity index (χ0n) is 19.0. The Bertz CT molecular complexity index is 1460. The maximum atomic E-state index is 13.3. The van der Waals surface area contributed by atoms with E-state index in [1.165, 1.54) is 18.3 Å². The van der Waals surface area contributed by atoms with Crippen molar-refractivity contribution in [3.8, 4) is 0 Å². The molecule has 0 aliphatic carbocycles. The van der Waals surface area contributed by atoms with Gasteiger partial charge >= 0.3 is 5.97 Å². The van der Waals surface area contributed by atoms with Crippen LogP contribution in [-0.2, 0) is 9.53 Å². The van der Waals surface area contributed by atoms with E-state index in [4.69, 9.17) is 27.9 Å². The molecule has 2 atom stereocenters. The van der Waals surface area contributed by atoms with Crippen LogP contribution in [0, 0.1) is 0 Å². The van der Waals surface area contributed by atoms with Crippen molar-refractivity contribution in [2.75, 3.05) is 19.0 Å². The normalized spacial score (nSPS) is 16.6. The van der Waals surface area contributed by atoms with E-state index in [2.05, 4.69) is 25.3 Å². The molecule has 2 aromatic carbocycles. The van der Waals surface area contributed by atoms with Gasteiger partial charge in [-0.1, -0.05) is 23.2 Å². The van der Waals surface area contributed by atoms with Gasteiger partial charge in [-0.05, 0) is 50.1 Å². The number of imidazole rings is 1. The summed E-state index contributed by atoms with van der Waals surface area (Å²) < 4.78 is 4.86. The first-order chi connectivity index (χ1) is 16.9. The van der Waals surface area contributed by atoms with Crippen LogP contribution < -0.4 is 5.32 Å². The number of nitrogens with zero attached hydrogens (tertiary/aromatic N) is 4. The van der Waals surface area contributed by atoms with E-state index in [1.807, 2.05) is 13.0 Å². The molecule has 0 unspecified atom stereocenters. The monoisotopic (exact) mass is 512 g/mol. The van der Waals surface area contributed by atoms with E-state index in [0.717, 1.165) is 23.3 Å². The highest BCUT2D eigenvalue weighted by atomic mass is 35.5. The number of hydrogen-bond donors (Lipinski definition) is 2. The second kappa shape index (κ2) is 9.31. The third-order valence-corrected chi connectivity index (χ3v) is 6.72. The predicted octanol–water partition coefficient (Wildman–Crippen LogP) is 4.76. The van der Waals surface area contributed by atoms with Crippen molar-refractivity contribution in [1.82, 2.24) is 24.8 Å². The van der Waals surface area contributed by atoms with Crippen LogP contribution >= 0.6 is 23.2 Å². The quantitative estimate of drug-likeness (QED) is 0.370. The lowest BCUT2D eigenvalue weighted by molar-refractivity contribution is -0.145. The highest BCUT2D eigenvalue weighted by molar-refractivity contribution is 6.35. The largest absolute Gasteiger partial charge is 0.467 e. The van der Waals surface area contributed by atoms with Crippen LogP contribution in [0.3, 0.4) is 0 Å². The number of aromatic amines is 1. The number of benzene rings is 2. The molecule has 4 aromatic rings. The van der Waals surface area contributed by atoms with Crippen LogP contribution in [0.5, 0.6) is 0 Å². The Hall–Kier alpha value is -3.43. The molecule has 3 heterocycles. The fraction of sp³-hybridized carbons (Fsp3) is 0.292. The Morgan fingerprint density at radius 2 is 2.03 bits per heavy atom. The summed E-state index contributed by atoms with van der Waals surface area (Å²) in [4.78, 5) is 43.5. The average molecular weight is 513 g/mol. The van der Waals surface area contributed by atoms with Crippen LogP contribution in [0.4, 0.5) is 5.82 Å².